The van der Waals surface area contributed by atoms with Crippen molar-refractivity contribution < 1.29 is 14.6 Å². The normalized spacial score (nSPS) is 9.72. The van der Waals surface area contributed by atoms with Crippen molar-refractivity contribution in [3.63, 3.8) is 0 Å². The molecule has 1 rings (SSSR count). The van der Waals surface area contributed by atoms with E-state index in [1.807, 2.05) is 6.92 Å². The van der Waals surface area contributed by atoms with E-state index in [-0.39, 0.29) is 6.61 Å². The molecule has 0 aliphatic carbocycles. The molecule has 6 nitrogen and oxygen atoms in total. The molecule has 0 atom stereocenters. The van der Waals surface area contributed by atoms with Gasteiger partial charge in [-0.25, -0.2) is 0 Å². The number of ether oxygens (including phenoxy) is 2. The first kappa shape index (κ1) is 14.2. The van der Waals surface area contributed by atoms with E-state index in [0.717, 1.165) is 12.0 Å². The zero-order valence-electron chi connectivity index (χ0n) is 10.6. The SMILES string of the molecule is COc1cc(OCCCCO)c(C)cc1N=[N+]=[N-]. The highest BCUT2D eigenvalue weighted by atomic mass is 16.5. The number of azide groups is 1. The fraction of sp³-hybridized carbons (Fsp3) is 0.500. The van der Waals surface area contributed by atoms with Crippen LogP contribution >= 0.6 is 0 Å². The van der Waals surface area contributed by atoms with Crippen molar-refractivity contribution in [2.45, 2.75) is 19.8 Å². The molecule has 0 aliphatic heterocycles. The Bertz CT molecular complexity index is 442. The molecule has 6 heteroatoms. The molecule has 1 aromatic carbocycles. The molecule has 0 bridgehead atoms. The minimum Gasteiger partial charge on any atom is -0.496 e. The molecule has 0 saturated heterocycles. The second-order valence-electron chi connectivity index (χ2n) is 3.76. The highest BCUT2D eigenvalue weighted by Crippen LogP contribution is 2.34. The summed E-state index contributed by atoms with van der Waals surface area (Å²) in [5.41, 5.74) is 9.77. The van der Waals surface area contributed by atoms with Crippen molar-refractivity contribution in [2.24, 2.45) is 5.11 Å². The Morgan fingerprint density at radius 1 is 1.33 bits per heavy atom. The summed E-state index contributed by atoms with van der Waals surface area (Å²) >= 11 is 0. The highest BCUT2D eigenvalue weighted by Gasteiger charge is 2.07. The van der Waals surface area contributed by atoms with Crippen LogP contribution in [0, 0.1) is 6.92 Å². The molecule has 0 spiro atoms. The van der Waals surface area contributed by atoms with Crippen LogP contribution in [0.4, 0.5) is 5.69 Å². The van der Waals surface area contributed by atoms with E-state index in [4.69, 9.17) is 20.1 Å². The van der Waals surface area contributed by atoms with Crippen molar-refractivity contribution in [2.75, 3.05) is 20.3 Å². The van der Waals surface area contributed by atoms with E-state index in [9.17, 15) is 0 Å². The largest absolute Gasteiger partial charge is 0.496 e. The van der Waals surface area contributed by atoms with Crippen molar-refractivity contribution in [3.8, 4) is 11.5 Å². The first-order chi connectivity index (χ1) is 8.72. The molecule has 18 heavy (non-hydrogen) atoms. The van der Waals surface area contributed by atoms with E-state index in [0.29, 0.717) is 30.2 Å². The van der Waals surface area contributed by atoms with Gasteiger partial charge in [0.25, 0.3) is 0 Å². The molecule has 0 radical (unpaired) electrons. The van der Waals surface area contributed by atoms with Gasteiger partial charge in [0.2, 0.25) is 0 Å². The van der Waals surface area contributed by atoms with Crippen LogP contribution in [-0.4, -0.2) is 25.4 Å². The topological polar surface area (TPSA) is 87.5 Å². The van der Waals surface area contributed by atoms with Crippen molar-refractivity contribution in [1.29, 1.82) is 0 Å². The number of nitrogens with zero attached hydrogens (tertiary/aromatic N) is 3. The van der Waals surface area contributed by atoms with Crippen LogP contribution < -0.4 is 9.47 Å². The average molecular weight is 251 g/mol. The lowest BCUT2D eigenvalue weighted by atomic mass is 10.2. The highest BCUT2D eigenvalue weighted by molar-refractivity contribution is 5.58. The van der Waals surface area contributed by atoms with Gasteiger partial charge >= 0.3 is 0 Å². The van der Waals surface area contributed by atoms with E-state index >= 15 is 0 Å². The Morgan fingerprint density at radius 3 is 2.72 bits per heavy atom. The second-order valence-corrected chi connectivity index (χ2v) is 3.76. The Balaban J connectivity index is 2.83. The molecule has 98 valence electrons. The predicted octanol–water partition coefficient (Wildman–Crippen LogP) is 3.10. The third-order valence-electron chi connectivity index (χ3n) is 2.44. The molecule has 0 saturated carbocycles. The number of rotatable bonds is 7. The molecular weight excluding hydrogens is 234 g/mol. The summed E-state index contributed by atoms with van der Waals surface area (Å²) < 4.78 is 10.7. The summed E-state index contributed by atoms with van der Waals surface area (Å²) in [5, 5.41) is 12.2. The summed E-state index contributed by atoms with van der Waals surface area (Å²) in [6.45, 7) is 2.57. The first-order valence-electron chi connectivity index (χ1n) is 5.70. The van der Waals surface area contributed by atoms with Gasteiger partial charge in [-0.15, -0.1) is 0 Å². The van der Waals surface area contributed by atoms with Gasteiger partial charge in [0, 0.05) is 17.6 Å². The number of hydrogen-bond donors (Lipinski definition) is 1. The molecule has 0 heterocycles. The lowest BCUT2D eigenvalue weighted by Crippen LogP contribution is -2.00. The van der Waals surface area contributed by atoms with Gasteiger partial charge in [0.15, 0.2) is 0 Å². The number of hydrogen-bond acceptors (Lipinski definition) is 4. The van der Waals surface area contributed by atoms with Gasteiger partial charge in [0.05, 0.1) is 19.4 Å². The minimum atomic E-state index is 0.168. The van der Waals surface area contributed by atoms with Crippen LogP contribution in [0.25, 0.3) is 10.4 Å². The van der Waals surface area contributed by atoms with Crippen LogP contribution in [0.15, 0.2) is 17.2 Å². The Kier molecular flexibility index (Phi) is 5.84. The number of unbranched alkanes of at least 4 members (excludes halogenated alkanes) is 1. The first-order valence-corrected chi connectivity index (χ1v) is 5.70. The number of aliphatic hydroxyl groups excluding tert-OH is 1. The second kappa shape index (κ2) is 7.42. The summed E-state index contributed by atoms with van der Waals surface area (Å²) in [6.07, 6.45) is 1.50. The monoisotopic (exact) mass is 251 g/mol. The molecule has 0 fully saturated rings. The number of methoxy groups -OCH3 is 1. The van der Waals surface area contributed by atoms with E-state index in [1.165, 1.54) is 7.11 Å². The summed E-state index contributed by atoms with van der Waals surface area (Å²) in [7, 11) is 1.51. The van der Waals surface area contributed by atoms with Crippen molar-refractivity contribution >= 4 is 5.69 Å². The van der Waals surface area contributed by atoms with Crippen LogP contribution in [0.1, 0.15) is 18.4 Å². The van der Waals surface area contributed by atoms with Gasteiger partial charge in [-0.05, 0) is 36.9 Å². The molecule has 0 aliphatic rings. The lowest BCUT2D eigenvalue weighted by Gasteiger charge is -2.12. The van der Waals surface area contributed by atoms with Crippen LogP contribution in [-0.2, 0) is 0 Å². The summed E-state index contributed by atoms with van der Waals surface area (Å²) in [4.78, 5) is 2.75. The summed E-state index contributed by atoms with van der Waals surface area (Å²) in [5.74, 6) is 1.18. The molecule has 0 unspecified atom stereocenters. The molecule has 1 N–H and O–H groups in total. The Hall–Kier alpha value is -1.91. The van der Waals surface area contributed by atoms with Gasteiger partial charge in [0.1, 0.15) is 11.5 Å². The summed E-state index contributed by atoms with van der Waals surface area (Å²) in [6, 6.07) is 3.43. The van der Waals surface area contributed by atoms with E-state index in [1.54, 1.807) is 12.1 Å². The third-order valence-corrected chi connectivity index (χ3v) is 2.44. The molecular formula is C12H17N3O3. The quantitative estimate of drug-likeness (QED) is 0.349. The molecule has 0 amide bonds. The number of aryl methyl sites for hydroxylation is 1. The number of benzene rings is 1. The lowest BCUT2D eigenvalue weighted by molar-refractivity contribution is 0.252. The smallest absolute Gasteiger partial charge is 0.132 e. The van der Waals surface area contributed by atoms with Gasteiger partial charge in [-0.3, -0.25) is 0 Å². The van der Waals surface area contributed by atoms with Crippen LogP contribution in [0.5, 0.6) is 11.5 Å². The Labute approximate surface area is 106 Å². The van der Waals surface area contributed by atoms with Gasteiger partial charge in [-0.2, -0.15) is 0 Å². The Morgan fingerprint density at radius 2 is 2.11 bits per heavy atom. The zero-order chi connectivity index (χ0) is 13.4. The maximum absolute atomic E-state index is 8.67. The average Bonchev–Trinajstić information content (AvgIpc) is 2.37. The van der Waals surface area contributed by atoms with Gasteiger partial charge in [-0.1, -0.05) is 5.11 Å². The zero-order valence-corrected chi connectivity index (χ0v) is 10.6. The van der Waals surface area contributed by atoms with Crippen LogP contribution in [0.2, 0.25) is 0 Å². The molecule has 1 aromatic rings. The third kappa shape index (κ3) is 3.84. The van der Waals surface area contributed by atoms with Gasteiger partial charge < -0.3 is 14.6 Å². The predicted molar refractivity (Wildman–Crippen MR) is 68.4 cm³/mol. The fourth-order valence-electron chi connectivity index (χ4n) is 1.50. The number of aliphatic hydroxyl groups is 1. The molecule has 0 aromatic heterocycles. The van der Waals surface area contributed by atoms with E-state index in [2.05, 4.69) is 10.0 Å². The standard InChI is InChI=1S/C12H17N3O3/c1-9-7-10(14-15-13)12(17-2)8-11(9)18-6-4-3-5-16/h7-8,16H,3-6H2,1-2H3. The van der Waals surface area contributed by atoms with Crippen molar-refractivity contribution in [3.05, 3.63) is 28.1 Å². The maximum atomic E-state index is 8.67. The van der Waals surface area contributed by atoms with Crippen LogP contribution in [0.3, 0.4) is 0 Å². The van der Waals surface area contributed by atoms with Crippen molar-refractivity contribution in [1.82, 2.24) is 0 Å². The minimum absolute atomic E-state index is 0.168. The maximum Gasteiger partial charge on any atom is 0.132 e. The fourth-order valence-corrected chi connectivity index (χ4v) is 1.50. The van der Waals surface area contributed by atoms with E-state index < -0.39 is 0 Å².